The largest absolute Gasteiger partial charge is 0.490 e. The van der Waals surface area contributed by atoms with E-state index >= 15 is 0 Å². The summed E-state index contributed by atoms with van der Waals surface area (Å²) in [6.45, 7) is 2.58. The fourth-order valence-electron chi connectivity index (χ4n) is 6.42. The summed E-state index contributed by atoms with van der Waals surface area (Å²) in [4.78, 5) is 30.0. The summed E-state index contributed by atoms with van der Waals surface area (Å²) in [5.74, 6) is -0.475. The van der Waals surface area contributed by atoms with Crippen LogP contribution in [0.5, 0.6) is 5.75 Å². The number of esters is 1. The van der Waals surface area contributed by atoms with Gasteiger partial charge in [0, 0.05) is 37.1 Å². The van der Waals surface area contributed by atoms with E-state index in [2.05, 4.69) is 29.2 Å². The molecular formula is C32H39ClN2O5. The topological polar surface area (TPSA) is 79.3 Å². The van der Waals surface area contributed by atoms with Crippen molar-refractivity contribution in [2.45, 2.75) is 62.4 Å². The molecule has 0 radical (unpaired) electrons. The van der Waals surface area contributed by atoms with Gasteiger partial charge in [-0.05, 0) is 85.9 Å². The highest BCUT2D eigenvalue weighted by Gasteiger charge is 2.45. The Labute approximate surface area is 241 Å². The number of amides is 1. The molecule has 8 heteroatoms. The van der Waals surface area contributed by atoms with Gasteiger partial charge in [-0.2, -0.15) is 0 Å². The highest BCUT2D eigenvalue weighted by molar-refractivity contribution is 6.30. The number of aryl methyl sites for hydroxylation is 1. The first-order chi connectivity index (χ1) is 19.3. The molecule has 3 aliphatic rings. The van der Waals surface area contributed by atoms with Gasteiger partial charge in [-0.3, -0.25) is 4.79 Å². The smallest absolute Gasteiger partial charge is 0.343 e. The molecule has 0 aromatic heterocycles. The van der Waals surface area contributed by atoms with Crippen molar-refractivity contribution in [2.24, 2.45) is 0 Å². The Morgan fingerprint density at radius 3 is 2.73 bits per heavy atom. The van der Waals surface area contributed by atoms with E-state index in [1.807, 2.05) is 18.2 Å². The lowest BCUT2D eigenvalue weighted by atomic mass is 9.70. The molecule has 2 atom stereocenters. The fourth-order valence-corrected chi connectivity index (χ4v) is 6.61. The minimum Gasteiger partial charge on any atom is -0.490 e. The molecular weight excluding hydrogens is 528 g/mol. The number of nitrogens with zero attached hydrogens (tertiary/aromatic N) is 2. The number of hydrogen-bond donors (Lipinski definition) is 1. The maximum absolute atomic E-state index is 13.1. The molecule has 2 aromatic carbocycles. The molecule has 1 spiro atoms. The van der Waals surface area contributed by atoms with Gasteiger partial charge in [0.25, 0.3) is 0 Å². The molecule has 214 valence electrons. The van der Waals surface area contributed by atoms with Crippen molar-refractivity contribution in [2.75, 3.05) is 45.3 Å². The van der Waals surface area contributed by atoms with Gasteiger partial charge >= 0.3 is 5.97 Å². The number of methoxy groups -OCH3 is 1. The number of carbonyl (C=O) groups is 2. The number of anilines is 1. The van der Waals surface area contributed by atoms with Crippen molar-refractivity contribution >= 4 is 29.2 Å². The van der Waals surface area contributed by atoms with E-state index in [4.69, 9.17) is 21.1 Å². The van der Waals surface area contributed by atoms with E-state index in [1.54, 1.807) is 18.0 Å². The highest BCUT2D eigenvalue weighted by atomic mass is 35.5. The zero-order valence-electron chi connectivity index (χ0n) is 23.5. The summed E-state index contributed by atoms with van der Waals surface area (Å²) in [5, 5.41) is 12.5. The van der Waals surface area contributed by atoms with E-state index in [9.17, 15) is 14.7 Å². The summed E-state index contributed by atoms with van der Waals surface area (Å²) in [5.41, 5.74) is 1.37. The zero-order valence-corrected chi connectivity index (χ0v) is 24.2. The Bertz CT molecular complexity index is 1300. The Hall–Kier alpha value is -3.03. The van der Waals surface area contributed by atoms with E-state index in [-0.39, 0.29) is 11.3 Å². The summed E-state index contributed by atoms with van der Waals surface area (Å²) in [6.07, 6.45) is 10.6. The van der Waals surface area contributed by atoms with Gasteiger partial charge in [0.1, 0.15) is 5.75 Å². The Morgan fingerprint density at radius 1 is 1.07 bits per heavy atom. The van der Waals surface area contributed by atoms with Crippen molar-refractivity contribution in [1.82, 2.24) is 4.90 Å². The lowest BCUT2D eigenvalue weighted by Gasteiger charge is -2.41. The third-order valence-corrected chi connectivity index (χ3v) is 8.95. The van der Waals surface area contributed by atoms with E-state index in [0.717, 1.165) is 62.3 Å². The summed E-state index contributed by atoms with van der Waals surface area (Å²) in [7, 11) is 2.92. The number of fused-ring (bicyclic) bond motifs is 3. The van der Waals surface area contributed by atoms with Gasteiger partial charge in [0.15, 0.2) is 5.60 Å². The minimum absolute atomic E-state index is 0.213. The van der Waals surface area contributed by atoms with Gasteiger partial charge in [0.2, 0.25) is 5.91 Å². The average Bonchev–Trinajstić information content (AvgIpc) is 3.10. The predicted molar refractivity (Wildman–Crippen MR) is 156 cm³/mol. The van der Waals surface area contributed by atoms with Crippen LogP contribution < -0.4 is 9.64 Å². The monoisotopic (exact) mass is 566 g/mol. The number of carbonyl (C=O) groups excluding carboxylic acids is 2. The number of ether oxygens (including phenoxy) is 2. The summed E-state index contributed by atoms with van der Waals surface area (Å²) in [6, 6.07) is 11.5. The quantitative estimate of drug-likeness (QED) is 0.380. The Kier molecular flexibility index (Phi) is 8.43. The van der Waals surface area contributed by atoms with Crippen LogP contribution in [0.25, 0.3) is 0 Å². The standard InChI is InChI=1S/C32H39ClN2O5/c1-34-16-7-5-3-4-6-8-17-35-21-31(15-9-10-23-18-25(33)12-13-26(23)31)22-40-28-14-11-24(19-27(28)35)32(38,20-29(34)36)30(37)39-2/h3,5,11-14,18-19,38H,4,6-10,15-17,20-22H2,1-2H3/b5-3+/t31-,32+/m0/s1. The number of rotatable bonds is 1. The molecule has 2 bridgehead atoms. The molecule has 7 nitrogen and oxygen atoms in total. The Morgan fingerprint density at radius 2 is 1.90 bits per heavy atom. The van der Waals surface area contributed by atoms with E-state index < -0.39 is 18.0 Å². The second kappa shape index (κ2) is 11.8. The van der Waals surface area contributed by atoms with Crippen LogP contribution in [0.4, 0.5) is 5.69 Å². The van der Waals surface area contributed by atoms with Gasteiger partial charge in [0.05, 0.1) is 25.8 Å². The average molecular weight is 567 g/mol. The summed E-state index contributed by atoms with van der Waals surface area (Å²) >= 11 is 6.37. The van der Waals surface area contributed by atoms with Crippen LogP contribution in [-0.4, -0.2) is 62.3 Å². The first-order valence-electron chi connectivity index (χ1n) is 14.3. The van der Waals surface area contributed by atoms with Crippen LogP contribution in [0.2, 0.25) is 5.02 Å². The van der Waals surface area contributed by atoms with Crippen molar-refractivity contribution < 1.29 is 24.2 Å². The molecule has 2 aliphatic heterocycles. The van der Waals surface area contributed by atoms with Gasteiger partial charge in [-0.25, -0.2) is 4.79 Å². The lowest BCUT2D eigenvalue weighted by molar-refractivity contribution is -0.168. The molecule has 2 heterocycles. The molecule has 0 fully saturated rings. The van der Waals surface area contributed by atoms with Crippen LogP contribution in [0.15, 0.2) is 48.6 Å². The van der Waals surface area contributed by atoms with Gasteiger partial charge in [-0.15, -0.1) is 0 Å². The number of aliphatic hydroxyl groups is 1. The van der Waals surface area contributed by atoms with Crippen molar-refractivity contribution in [3.8, 4) is 5.75 Å². The molecule has 1 N–H and O–H groups in total. The van der Waals surface area contributed by atoms with Crippen molar-refractivity contribution in [3.63, 3.8) is 0 Å². The van der Waals surface area contributed by atoms with Crippen LogP contribution in [0, 0.1) is 0 Å². The molecule has 5 rings (SSSR count). The number of halogens is 1. The third-order valence-electron chi connectivity index (χ3n) is 8.72. The first kappa shape index (κ1) is 28.5. The van der Waals surface area contributed by atoms with E-state index in [1.165, 1.54) is 18.2 Å². The zero-order chi connectivity index (χ0) is 28.3. The molecule has 40 heavy (non-hydrogen) atoms. The van der Waals surface area contributed by atoms with Crippen LogP contribution in [0.1, 0.15) is 61.6 Å². The fraction of sp³-hybridized carbons (Fsp3) is 0.500. The second-order valence-corrected chi connectivity index (χ2v) is 11.9. The number of benzene rings is 2. The van der Waals surface area contributed by atoms with Crippen molar-refractivity contribution in [3.05, 3.63) is 70.3 Å². The molecule has 1 amide bonds. The van der Waals surface area contributed by atoms with Crippen LogP contribution in [0.3, 0.4) is 0 Å². The highest BCUT2D eigenvalue weighted by Crippen LogP contribution is 2.45. The molecule has 0 saturated carbocycles. The number of hydrogen-bond acceptors (Lipinski definition) is 6. The molecule has 0 saturated heterocycles. The summed E-state index contributed by atoms with van der Waals surface area (Å²) < 4.78 is 11.5. The van der Waals surface area contributed by atoms with Crippen LogP contribution in [-0.2, 0) is 31.8 Å². The van der Waals surface area contributed by atoms with Crippen LogP contribution >= 0.6 is 11.6 Å². The second-order valence-electron chi connectivity index (χ2n) is 11.4. The third kappa shape index (κ3) is 5.59. The molecule has 1 aliphatic carbocycles. The predicted octanol–water partition coefficient (Wildman–Crippen LogP) is 5.15. The molecule has 2 aromatic rings. The normalized spacial score (nSPS) is 26.4. The maximum atomic E-state index is 13.1. The lowest BCUT2D eigenvalue weighted by Crippen LogP contribution is -2.46. The van der Waals surface area contributed by atoms with Gasteiger partial charge < -0.3 is 24.4 Å². The van der Waals surface area contributed by atoms with E-state index in [0.29, 0.717) is 30.9 Å². The Balaban J connectivity index is 1.58. The minimum atomic E-state index is -2.12. The van der Waals surface area contributed by atoms with Gasteiger partial charge in [-0.1, -0.05) is 35.9 Å². The maximum Gasteiger partial charge on any atom is 0.343 e. The van der Waals surface area contributed by atoms with Crippen molar-refractivity contribution in [1.29, 1.82) is 0 Å². The first-order valence-corrected chi connectivity index (χ1v) is 14.6. The SMILES string of the molecule is COC(=O)[C@@]1(O)CC(=O)N(C)CC/C=C/CCCCN2C[C@@]3(CCCc4cc(Cl)ccc43)COc3ccc1cc32. The number of allylic oxidation sites excluding steroid dienone is 1. The molecule has 0 unspecified atom stereocenters.